The van der Waals surface area contributed by atoms with E-state index >= 15 is 0 Å². The van der Waals surface area contributed by atoms with Crippen molar-refractivity contribution in [3.05, 3.63) is 34.3 Å². The summed E-state index contributed by atoms with van der Waals surface area (Å²) in [6.45, 7) is 0.231. The maximum absolute atomic E-state index is 12.0. The Morgan fingerprint density at radius 2 is 1.95 bits per heavy atom. The molecule has 21 heavy (non-hydrogen) atoms. The number of carbonyl (C=O) groups is 2. The van der Waals surface area contributed by atoms with Crippen molar-refractivity contribution in [1.82, 2.24) is 5.32 Å². The third-order valence-electron chi connectivity index (χ3n) is 4.14. The number of carbonyl (C=O) groups excluding carboxylic acids is 1. The summed E-state index contributed by atoms with van der Waals surface area (Å²) in [5, 5.41) is 12.3. The average Bonchev–Trinajstić information content (AvgIpc) is 2.46. The molecule has 0 heterocycles. The monoisotopic (exact) mass is 353 g/mol. The van der Waals surface area contributed by atoms with Crippen molar-refractivity contribution in [2.45, 2.75) is 38.5 Å². The Hall–Kier alpha value is -1.36. The highest BCUT2D eigenvalue weighted by Crippen LogP contribution is 2.36. The second-order valence-electron chi connectivity index (χ2n) is 5.73. The lowest BCUT2D eigenvalue weighted by Gasteiger charge is -2.33. The van der Waals surface area contributed by atoms with Gasteiger partial charge in [0.15, 0.2) is 0 Å². The molecule has 0 aliphatic heterocycles. The molecule has 2 N–H and O–H groups in total. The van der Waals surface area contributed by atoms with E-state index in [9.17, 15) is 14.7 Å². The Labute approximate surface area is 133 Å². The van der Waals surface area contributed by atoms with Crippen LogP contribution < -0.4 is 5.32 Å². The van der Waals surface area contributed by atoms with E-state index in [1.807, 2.05) is 24.3 Å². The van der Waals surface area contributed by atoms with Gasteiger partial charge in [0.05, 0.1) is 11.8 Å². The lowest BCUT2D eigenvalue weighted by atomic mass is 9.74. The van der Waals surface area contributed by atoms with Crippen LogP contribution in [0.2, 0.25) is 0 Å². The predicted molar refractivity (Wildman–Crippen MR) is 84.0 cm³/mol. The molecule has 0 unspecified atom stereocenters. The fourth-order valence-corrected chi connectivity index (χ4v) is 3.30. The molecule has 1 aliphatic carbocycles. The second kappa shape index (κ2) is 7.07. The lowest BCUT2D eigenvalue weighted by Crippen LogP contribution is -2.44. The summed E-state index contributed by atoms with van der Waals surface area (Å²) in [7, 11) is 0. The minimum Gasteiger partial charge on any atom is -0.481 e. The molecule has 0 aromatic heterocycles. The van der Waals surface area contributed by atoms with Gasteiger partial charge in [0, 0.05) is 11.0 Å². The van der Waals surface area contributed by atoms with Gasteiger partial charge >= 0.3 is 5.97 Å². The summed E-state index contributed by atoms with van der Waals surface area (Å²) < 4.78 is 0.932. The van der Waals surface area contributed by atoms with Crippen LogP contribution in [-0.2, 0) is 16.0 Å². The fourth-order valence-electron chi connectivity index (χ4n) is 2.86. The van der Waals surface area contributed by atoms with Gasteiger partial charge in [-0.05, 0) is 30.5 Å². The molecule has 114 valence electrons. The van der Waals surface area contributed by atoms with E-state index in [1.165, 1.54) is 0 Å². The largest absolute Gasteiger partial charge is 0.481 e. The number of nitrogens with one attached hydrogen (secondary N) is 1. The summed E-state index contributed by atoms with van der Waals surface area (Å²) in [4.78, 5) is 23.5. The highest BCUT2D eigenvalue weighted by molar-refractivity contribution is 9.10. The van der Waals surface area contributed by atoms with Crippen LogP contribution in [0.4, 0.5) is 0 Å². The van der Waals surface area contributed by atoms with E-state index in [-0.39, 0.29) is 18.9 Å². The van der Waals surface area contributed by atoms with Gasteiger partial charge in [-0.1, -0.05) is 47.3 Å². The highest BCUT2D eigenvalue weighted by Gasteiger charge is 2.39. The maximum Gasteiger partial charge on any atom is 0.311 e. The highest BCUT2D eigenvalue weighted by atomic mass is 79.9. The van der Waals surface area contributed by atoms with Crippen molar-refractivity contribution in [3.8, 4) is 0 Å². The summed E-state index contributed by atoms with van der Waals surface area (Å²) in [6.07, 6.45) is 4.51. The molecule has 1 aliphatic rings. The molecule has 4 nitrogen and oxygen atoms in total. The number of hydrogen-bond acceptors (Lipinski definition) is 2. The second-order valence-corrected chi connectivity index (χ2v) is 6.65. The third-order valence-corrected chi connectivity index (χ3v) is 4.64. The van der Waals surface area contributed by atoms with Crippen LogP contribution in [0.25, 0.3) is 0 Å². The normalized spacial score (nSPS) is 17.2. The Morgan fingerprint density at radius 1 is 1.24 bits per heavy atom. The van der Waals surface area contributed by atoms with E-state index in [0.29, 0.717) is 12.8 Å². The summed E-state index contributed by atoms with van der Waals surface area (Å²) in [6, 6.07) is 7.57. The van der Waals surface area contributed by atoms with Gasteiger partial charge in [0.25, 0.3) is 0 Å². The molecule has 1 saturated carbocycles. The zero-order valence-corrected chi connectivity index (χ0v) is 13.5. The molecule has 0 spiro atoms. The Bertz CT molecular complexity index is 524. The molecular formula is C16H20BrNO3. The van der Waals surface area contributed by atoms with Crippen molar-refractivity contribution in [2.75, 3.05) is 6.54 Å². The van der Waals surface area contributed by atoms with Crippen molar-refractivity contribution in [2.24, 2.45) is 5.41 Å². The number of carboxylic acids is 1. The van der Waals surface area contributed by atoms with Gasteiger partial charge in [0.2, 0.25) is 5.91 Å². The van der Waals surface area contributed by atoms with Gasteiger partial charge in [0.1, 0.15) is 0 Å². The van der Waals surface area contributed by atoms with E-state index in [4.69, 9.17) is 0 Å². The van der Waals surface area contributed by atoms with E-state index < -0.39 is 11.4 Å². The molecule has 1 fully saturated rings. The van der Waals surface area contributed by atoms with Crippen LogP contribution in [0.15, 0.2) is 28.7 Å². The van der Waals surface area contributed by atoms with Crippen molar-refractivity contribution < 1.29 is 14.7 Å². The molecule has 2 rings (SSSR count). The standard InChI is InChI=1S/C16H20BrNO3/c17-13-6-4-5-12(9-13)10-14(19)18-11-16(15(20)21)7-2-1-3-8-16/h4-6,9H,1-3,7-8,10-11H2,(H,18,19)(H,20,21). The number of halogens is 1. The quantitative estimate of drug-likeness (QED) is 0.854. The van der Waals surface area contributed by atoms with Crippen LogP contribution in [-0.4, -0.2) is 23.5 Å². The van der Waals surface area contributed by atoms with Crippen LogP contribution >= 0.6 is 15.9 Å². The van der Waals surface area contributed by atoms with Crippen LogP contribution in [0, 0.1) is 5.41 Å². The molecule has 1 aromatic carbocycles. The number of rotatable bonds is 5. The summed E-state index contributed by atoms with van der Waals surface area (Å²) in [5.74, 6) is -0.913. The first kappa shape index (κ1) is 16.0. The first-order valence-electron chi connectivity index (χ1n) is 7.26. The molecule has 0 radical (unpaired) electrons. The average molecular weight is 354 g/mol. The minimum atomic E-state index is -0.787. The number of hydrogen-bond donors (Lipinski definition) is 2. The number of aliphatic carboxylic acids is 1. The smallest absolute Gasteiger partial charge is 0.311 e. The van der Waals surface area contributed by atoms with Gasteiger partial charge in [-0.25, -0.2) is 0 Å². The zero-order valence-electron chi connectivity index (χ0n) is 11.9. The molecule has 1 amide bonds. The molecular weight excluding hydrogens is 334 g/mol. The van der Waals surface area contributed by atoms with Crippen molar-refractivity contribution >= 4 is 27.8 Å². The van der Waals surface area contributed by atoms with Gasteiger partial charge < -0.3 is 10.4 Å². The molecule has 0 atom stereocenters. The third kappa shape index (κ3) is 4.30. The van der Waals surface area contributed by atoms with Crippen molar-refractivity contribution in [3.63, 3.8) is 0 Å². The van der Waals surface area contributed by atoms with E-state index in [1.54, 1.807) is 0 Å². The Morgan fingerprint density at radius 3 is 2.57 bits per heavy atom. The topological polar surface area (TPSA) is 66.4 Å². The van der Waals surface area contributed by atoms with Crippen LogP contribution in [0.1, 0.15) is 37.7 Å². The number of amides is 1. The first-order valence-corrected chi connectivity index (χ1v) is 8.06. The molecule has 0 saturated heterocycles. The molecule has 0 bridgehead atoms. The Balaban J connectivity index is 1.91. The van der Waals surface area contributed by atoms with Gasteiger partial charge in [-0.15, -0.1) is 0 Å². The molecule has 5 heteroatoms. The zero-order chi connectivity index (χ0) is 15.3. The SMILES string of the molecule is O=C(Cc1cccc(Br)c1)NCC1(C(=O)O)CCCCC1. The lowest BCUT2D eigenvalue weighted by molar-refractivity contribution is -0.151. The number of benzene rings is 1. The van der Waals surface area contributed by atoms with Crippen LogP contribution in [0.5, 0.6) is 0 Å². The Kier molecular flexibility index (Phi) is 5.39. The first-order chi connectivity index (χ1) is 10.0. The van der Waals surface area contributed by atoms with E-state index in [2.05, 4.69) is 21.2 Å². The predicted octanol–water partition coefficient (Wildman–Crippen LogP) is 3.14. The summed E-state index contributed by atoms with van der Waals surface area (Å²) >= 11 is 3.37. The molecule has 1 aromatic rings. The maximum atomic E-state index is 12.0. The minimum absolute atomic E-state index is 0.126. The van der Waals surface area contributed by atoms with Crippen molar-refractivity contribution in [1.29, 1.82) is 0 Å². The van der Waals surface area contributed by atoms with Crippen LogP contribution in [0.3, 0.4) is 0 Å². The van der Waals surface area contributed by atoms with E-state index in [0.717, 1.165) is 29.3 Å². The number of carboxylic acid groups (broad SMARTS) is 1. The van der Waals surface area contributed by atoms with Gasteiger partial charge in [-0.2, -0.15) is 0 Å². The summed E-state index contributed by atoms with van der Waals surface area (Å²) in [5.41, 5.74) is 0.139. The fraction of sp³-hybridized carbons (Fsp3) is 0.500. The van der Waals surface area contributed by atoms with Gasteiger partial charge in [-0.3, -0.25) is 9.59 Å².